The number of nitrogens with zero attached hydrogens (tertiary/aromatic N) is 3. The van der Waals surface area contributed by atoms with Gasteiger partial charge in [0.2, 0.25) is 10.0 Å². The van der Waals surface area contributed by atoms with Gasteiger partial charge in [0.05, 0.1) is 11.4 Å². The molecule has 0 N–H and O–H groups in total. The Balaban J connectivity index is 1.86. The summed E-state index contributed by atoms with van der Waals surface area (Å²) in [6.45, 7) is 6.68. The fraction of sp³-hybridized carbons (Fsp3) is 0.190. The van der Waals surface area contributed by atoms with Gasteiger partial charge in [-0.05, 0) is 24.6 Å². The van der Waals surface area contributed by atoms with Crippen LogP contribution in [0.1, 0.15) is 17.0 Å². The number of imidazole rings is 1. The molecule has 0 spiro atoms. The molecular weight excluding hydrogens is 358 g/mol. The summed E-state index contributed by atoms with van der Waals surface area (Å²) >= 11 is 0. The number of hydrogen-bond acceptors (Lipinski definition) is 3. The monoisotopic (exact) mass is 381 g/mol. The zero-order valence-corrected chi connectivity index (χ0v) is 16.1. The summed E-state index contributed by atoms with van der Waals surface area (Å²) in [5.41, 5.74) is 2.15. The van der Waals surface area contributed by atoms with E-state index in [1.165, 1.54) is 4.31 Å². The molecule has 0 aliphatic rings. The highest BCUT2D eigenvalue weighted by atomic mass is 32.2. The summed E-state index contributed by atoms with van der Waals surface area (Å²) in [4.78, 5) is 4.65. The second-order valence-electron chi connectivity index (χ2n) is 6.36. The van der Waals surface area contributed by atoms with Crippen LogP contribution in [0.4, 0.5) is 0 Å². The molecule has 5 nitrogen and oxygen atoms in total. The van der Waals surface area contributed by atoms with Crippen LogP contribution in [-0.2, 0) is 23.1 Å². The topological polar surface area (TPSA) is 55.2 Å². The lowest BCUT2D eigenvalue weighted by Gasteiger charge is -2.21. The first-order valence-corrected chi connectivity index (χ1v) is 10.2. The standard InChI is InChI=1S/C21H23N3O2S/c1-3-14-24(27(25,26)20-11-9-18(2)10-12-20)17-21-22-13-15-23(21)16-19-7-5-4-6-8-19/h3-13,15H,1,14,16-17H2,2H3. The van der Waals surface area contributed by atoms with Crippen molar-refractivity contribution in [3.63, 3.8) is 0 Å². The summed E-state index contributed by atoms with van der Waals surface area (Å²) in [5.74, 6) is 0.691. The van der Waals surface area contributed by atoms with Gasteiger partial charge in [-0.2, -0.15) is 4.31 Å². The van der Waals surface area contributed by atoms with Crippen molar-refractivity contribution in [2.75, 3.05) is 6.54 Å². The van der Waals surface area contributed by atoms with E-state index in [2.05, 4.69) is 11.6 Å². The highest BCUT2D eigenvalue weighted by Gasteiger charge is 2.25. The SMILES string of the molecule is C=CCN(Cc1nccn1Cc1ccccc1)S(=O)(=O)c1ccc(C)cc1. The Morgan fingerprint density at radius 1 is 1.11 bits per heavy atom. The fourth-order valence-electron chi connectivity index (χ4n) is 2.82. The predicted octanol–water partition coefficient (Wildman–Crippen LogP) is 3.62. The molecule has 0 fully saturated rings. The van der Waals surface area contributed by atoms with Crippen molar-refractivity contribution in [2.45, 2.75) is 24.9 Å². The number of benzene rings is 2. The van der Waals surface area contributed by atoms with Crippen LogP contribution in [0, 0.1) is 6.92 Å². The van der Waals surface area contributed by atoms with Crippen molar-refractivity contribution in [3.8, 4) is 0 Å². The molecule has 0 aliphatic carbocycles. The van der Waals surface area contributed by atoms with Gasteiger partial charge in [0.25, 0.3) is 0 Å². The van der Waals surface area contributed by atoms with Gasteiger partial charge in [-0.3, -0.25) is 0 Å². The maximum Gasteiger partial charge on any atom is 0.243 e. The van der Waals surface area contributed by atoms with Crippen LogP contribution in [0.3, 0.4) is 0 Å². The first-order valence-electron chi connectivity index (χ1n) is 8.72. The molecule has 0 saturated carbocycles. The van der Waals surface area contributed by atoms with Crippen molar-refractivity contribution >= 4 is 10.0 Å². The van der Waals surface area contributed by atoms with Crippen LogP contribution < -0.4 is 0 Å². The molecule has 6 heteroatoms. The molecule has 0 amide bonds. The third-order valence-electron chi connectivity index (χ3n) is 4.31. The maximum absolute atomic E-state index is 13.1. The number of sulfonamides is 1. The summed E-state index contributed by atoms with van der Waals surface area (Å²) in [5, 5.41) is 0. The van der Waals surface area contributed by atoms with Gasteiger partial charge < -0.3 is 4.57 Å². The molecule has 2 aromatic carbocycles. The second-order valence-corrected chi connectivity index (χ2v) is 8.29. The molecule has 1 heterocycles. The minimum atomic E-state index is -3.64. The van der Waals surface area contributed by atoms with Gasteiger partial charge in [-0.15, -0.1) is 6.58 Å². The number of rotatable bonds is 8. The Labute approximate surface area is 160 Å². The van der Waals surface area contributed by atoms with Crippen molar-refractivity contribution < 1.29 is 8.42 Å². The maximum atomic E-state index is 13.1. The third-order valence-corrected chi connectivity index (χ3v) is 6.13. The van der Waals surface area contributed by atoms with Gasteiger partial charge in [0.15, 0.2) is 0 Å². The van der Waals surface area contributed by atoms with Gasteiger partial charge in [0.1, 0.15) is 5.82 Å². The number of aryl methyl sites for hydroxylation is 1. The van der Waals surface area contributed by atoms with E-state index in [9.17, 15) is 8.42 Å². The first kappa shape index (κ1) is 19.1. The van der Waals surface area contributed by atoms with E-state index < -0.39 is 10.0 Å². The van der Waals surface area contributed by atoms with Crippen molar-refractivity contribution in [1.82, 2.24) is 13.9 Å². The third kappa shape index (κ3) is 4.53. The van der Waals surface area contributed by atoms with Gasteiger partial charge in [0, 0.05) is 25.5 Å². The lowest BCUT2D eigenvalue weighted by atomic mass is 10.2. The Kier molecular flexibility index (Phi) is 5.88. The fourth-order valence-corrected chi connectivity index (χ4v) is 4.19. The molecule has 0 radical (unpaired) electrons. The van der Waals surface area contributed by atoms with E-state index in [-0.39, 0.29) is 18.0 Å². The van der Waals surface area contributed by atoms with Crippen LogP contribution in [0.25, 0.3) is 0 Å². The summed E-state index contributed by atoms with van der Waals surface area (Å²) in [7, 11) is -3.64. The van der Waals surface area contributed by atoms with Crippen molar-refractivity contribution in [2.24, 2.45) is 0 Å². The van der Waals surface area contributed by atoms with E-state index in [1.807, 2.05) is 48.0 Å². The average molecular weight is 382 g/mol. The Morgan fingerprint density at radius 2 is 1.81 bits per heavy atom. The molecule has 0 saturated heterocycles. The molecule has 0 bridgehead atoms. The molecular formula is C21H23N3O2S. The van der Waals surface area contributed by atoms with Gasteiger partial charge in [-0.25, -0.2) is 13.4 Å². The minimum Gasteiger partial charge on any atom is -0.329 e. The lowest BCUT2D eigenvalue weighted by Crippen LogP contribution is -2.32. The van der Waals surface area contributed by atoms with E-state index in [0.29, 0.717) is 12.4 Å². The smallest absolute Gasteiger partial charge is 0.243 e. The van der Waals surface area contributed by atoms with Crippen LogP contribution >= 0.6 is 0 Å². The quantitative estimate of drug-likeness (QED) is 0.560. The largest absolute Gasteiger partial charge is 0.329 e. The van der Waals surface area contributed by atoms with E-state index in [1.54, 1.807) is 36.5 Å². The molecule has 0 aliphatic heterocycles. The molecule has 3 aromatic rings. The Bertz CT molecular complexity index is 993. The van der Waals surface area contributed by atoms with E-state index >= 15 is 0 Å². The summed E-state index contributed by atoms with van der Waals surface area (Å²) in [6, 6.07) is 16.9. The van der Waals surface area contributed by atoms with Crippen molar-refractivity contribution in [3.05, 3.63) is 96.6 Å². The van der Waals surface area contributed by atoms with Crippen molar-refractivity contribution in [1.29, 1.82) is 0 Å². The molecule has 0 atom stereocenters. The molecule has 1 aromatic heterocycles. The normalized spacial score (nSPS) is 11.6. The van der Waals surface area contributed by atoms with E-state index in [0.717, 1.165) is 11.1 Å². The predicted molar refractivity (Wildman–Crippen MR) is 107 cm³/mol. The van der Waals surface area contributed by atoms with E-state index in [4.69, 9.17) is 0 Å². The van der Waals surface area contributed by atoms with Crippen LogP contribution in [0.5, 0.6) is 0 Å². The number of aromatic nitrogens is 2. The molecule has 0 unspecified atom stereocenters. The average Bonchev–Trinajstić information content (AvgIpc) is 3.09. The van der Waals surface area contributed by atoms with Crippen LogP contribution in [0.2, 0.25) is 0 Å². The van der Waals surface area contributed by atoms with Gasteiger partial charge in [-0.1, -0.05) is 54.1 Å². The zero-order chi connectivity index (χ0) is 19.3. The summed E-state index contributed by atoms with van der Waals surface area (Å²) in [6.07, 6.45) is 5.16. The van der Waals surface area contributed by atoms with Crippen LogP contribution in [-0.4, -0.2) is 28.8 Å². The first-order chi connectivity index (χ1) is 13.0. The van der Waals surface area contributed by atoms with Crippen LogP contribution in [0.15, 0.2) is 84.5 Å². The molecule has 140 valence electrons. The lowest BCUT2D eigenvalue weighted by molar-refractivity contribution is 0.421. The Morgan fingerprint density at radius 3 is 2.48 bits per heavy atom. The summed E-state index contributed by atoms with van der Waals surface area (Å²) < 4.78 is 29.5. The van der Waals surface area contributed by atoms with Gasteiger partial charge >= 0.3 is 0 Å². The zero-order valence-electron chi connectivity index (χ0n) is 15.3. The Hall–Kier alpha value is -2.70. The number of hydrogen-bond donors (Lipinski definition) is 0. The highest BCUT2D eigenvalue weighted by Crippen LogP contribution is 2.19. The minimum absolute atomic E-state index is 0.183. The molecule has 3 rings (SSSR count). The second kappa shape index (κ2) is 8.33. The molecule has 27 heavy (non-hydrogen) atoms. The highest BCUT2D eigenvalue weighted by molar-refractivity contribution is 7.89.